The summed E-state index contributed by atoms with van der Waals surface area (Å²) in [4.78, 5) is 16.9. The number of nitrogens with one attached hydrogen (secondary N) is 2. The molecule has 0 aromatic carbocycles. The van der Waals surface area contributed by atoms with Crippen molar-refractivity contribution in [2.45, 2.75) is 51.0 Å². The van der Waals surface area contributed by atoms with Gasteiger partial charge in [-0.3, -0.25) is 4.79 Å². The molecule has 0 aliphatic heterocycles. The van der Waals surface area contributed by atoms with Crippen LogP contribution in [0.5, 0.6) is 0 Å². The minimum Gasteiger partial charge on any atom is -0.382 e. The number of nitrogens with zero attached hydrogens (tertiary/aromatic N) is 1. The molecule has 1 aromatic heterocycles. The molecule has 0 spiro atoms. The molecule has 0 unspecified atom stereocenters. The highest BCUT2D eigenvalue weighted by Gasteiger charge is 2.24. The van der Waals surface area contributed by atoms with Gasteiger partial charge in [-0.2, -0.15) is 0 Å². The van der Waals surface area contributed by atoms with E-state index in [2.05, 4.69) is 21.7 Å². The van der Waals surface area contributed by atoms with Crippen LogP contribution in [-0.2, 0) is 0 Å². The molecule has 0 radical (unpaired) electrons. The van der Waals surface area contributed by atoms with Gasteiger partial charge in [0, 0.05) is 12.6 Å². The zero-order valence-corrected chi connectivity index (χ0v) is 13.0. The molecule has 4 N–H and O–H groups in total. The van der Waals surface area contributed by atoms with E-state index in [9.17, 15) is 4.79 Å². The monoisotopic (exact) mass is 306 g/mol. The smallest absolute Gasteiger partial charge is 0.265 e. The number of amides is 1. The predicted octanol–water partition coefficient (Wildman–Crippen LogP) is 2.92. The molecule has 0 saturated heterocycles. The topological polar surface area (TPSA) is 80.0 Å². The molecule has 1 fully saturated rings. The molecule has 6 heteroatoms. The Morgan fingerprint density at radius 1 is 1.43 bits per heavy atom. The molecule has 0 bridgehead atoms. The van der Waals surface area contributed by atoms with Crippen LogP contribution in [0, 0.1) is 0 Å². The summed E-state index contributed by atoms with van der Waals surface area (Å²) >= 11 is 1.35. The number of nitrogen functional groups attached to an aromatic ring is 1. The zero-order chi connectivity index (χ0) is 14.7. The van der Waals surface area contributed by atoms with E-state index in [0.29, 0.717) is 23.3 Å². The van der Waals surface area contributed by atoms with Crippen molar-refractivity contribution in [2.24, 2.45) is 0 Å². The normalized spacial score (nSPS) is 18.2. The Labute approximate surface area is 129 Å². The number of nitrogens with two attached hydrogens (primary N) is 1. The fourth-order valence-corrected chi connectivity index (χ4v) is 3.39. The van der Waals surface area contributed by atoms with E-state index in [4.69, 9.17) is 5.73 Å². The third-order valence-corrected chi connectivity index (χ3v) is 4.88. The van der Waals surface area contributed by atoms with Crippen LogP contribution in [0.4, 0.5) is 10.9 Å². The van der Waals surface area contributed by atoms with Crippen molar-refractivity contribution in [3.63, 3.8) is 0 Å². The summed E-state index contributed by atoms with van der Waals surface area (Å²) in [5.74, 6) is 0.225. The SMILES string of the molecule is Nc1nc(NC2CC2)sc1C(=O)NCCC1=CCCCC1. The molecule has 0 atom stereocenters. The molecule has 1 aromatic rings. The first-order chi connectivity index (χ1) is 10.2. The molecule has 5 nitrogen and oxygen atoms in total. The van der Waals surface area contributed by atoms with Gasteiger partial charge < -0.3 is 16.4 Å². The van der Waals surface area contributed by atoms with Gasteiger partial charge in [0.1, 0.15) is 10.7 Å². The molecule has 3 rings (SSSR count). The number of rotatable bonds is 6. The number of anilines is 2. The van der Waals surface area contributed by atoms with Crippen molar-refractivity contribution in [3.8, 4) is 0 Å². The van der Waals surface area contributed by atoms with E-state index in [-0.39, 0.29) is 5.91 Å². The van der Waals surface area contributed by atoms with Crippen molar-refractivity contribution in [2.75, 3.05) is 17.6 Å². The maximum Gasteiger partial charge on any atom is 0.265 e. The standard InChI is InChI=1S/C15H22N4OS/c16-13-12(21-15(19-13)18-11-6-7-11)14(20)17-9-8-10-4-2-1-3-5-10/h4,11H,1-3,5-9,16H2,(H,17,20)(H,18,19). The Balaban J connectivity index is 1.50. The van der Waals surface area contributed by atoms with Gasteiger partial charge in [0.25, 0.3) is 5.91 Å². The van der Waals surface area contributed by atoms with Gasteiger partial charge in [-0.15, -0.1) is 0 Å². The van der Waals surface area contributed by atoms with Gasteiger partial charge in [-0.25, -0.2) is 4.98 Å². The highest BCUT2D eigenvalue weighted by Crippen LogP contribution is 2.30. The van der Waals surface area contributed by atoms with Crippen LogP contribution in [0.15, 0.2) is 11.6 Å². The molecule has 114 valence electrons. The number of carbonyl (C=O) groups excluding carboxylic acids is 1. The van der Waals surface area contributed by atoms with Crippen molar-refractivity contribution in [1.29, 1.82) is 0 Å². The molecule has 2 aliphatic rings. The molecular formula is C15H22N4OS. The van der Waals surface area contributed by atoms with Crippen molar-refractivity contribution >= 4 is 28.2 Å². The van der Waals surface area contributed by atoms with Crippen molar-refractivity contribution < 1.29 is 4.79 Å². The van der Waals surface area contributed by atoms with E-state index in [1.54, 1.807) is 0 Å². The first-order valence-electron chi connectivity index (χ1n) is 7.71. The summed E-state index contributed by atoms with van der Waals surface area (Å²) < 4.78 is 0. The maximum atomic E-state index is 12.2. The van der Waals surface area contributed by atoms with Crippen LogP contribution in [-0.4, -0.2) is 23.5 Å². The Hall–Kier alpha value is -1.56. The number of hydrogen-bond acceptors (Lipinski definition) is 5. The lowest BCUT2D eigenvalue weighted by Gasteiger charge is -2.12. The molecule has 1 saturated carbocycles. The number of aromatic nitrogens is 1. The second kappa shape index (κ2) is 6.47. The van der Waals surface area contributed by atoms with Crippen LogP contribution in [0.3, 0.4) is 0 Å². The number of hydrogen-bond donors (Lipinski definition) is 3. The van der Waals surface area contributed by atoms with Crippen LogP contribution in [0.25, 0.3) is 0 Å². The summed E-state index contributed by atoms with van der Waals surface area (Å²) in [6.07, 6.45) is 10.5. The Morgan fingerprint density at radius 2 is 2.29 bits per heavy atom. The van der Waals surface area contributed by atoms with E-state index in [1.165, 1.54) is 55.4 Å². The minimum absolute atomic E-state index is 0.106. The second-order valence-electron chi connectivity index (χ2n) is 5.77. The molecule has 2 aliphatic carbocycles. The quantitative estimate of drug-likeness (QED) is 0.706. The van der Waals surface area contributed by atoms with E-state index < -0.39 is 0 Å². The molecular weight excluding hydrogens is 284 g/mol. The fourth-order valence-electron chi connectivity index (χ4n) is 2.51. The second-order valence-corrected chi connectivity index (χ2v) is 6.77. The largest absolute Gasteiger partial charge is 0.382 e. The maximum absolute atomic E-state index is 12.2. The van der Waals surface area contributed by atoms with Gasteiger partial charge in [0.05, 0.1) is 0 Å². The Kier molecular flexibility index (Phi) is 4.43. The van der Waals surface area contributed by atoms with Crippen molar-refractivity contribution in [1.82, 2.24) is 10.3 Å². The summed E-state index contributed by atoms with van der Waals surface area (Å²) in [7, 11) is 0. The summed E-state index contributed by atoms with van der Waals surface area (Å²) in [5, 5.41) is 6.99. The Morgan fingerprint density at radius 3 is 3.00 bits per heavy atom. The van der Waals surface area contributed by atoms with Gasteiger partial charge in [-0.1, -0.05) is 23.0 Å². The van der Waals surface area contributed by atoms with Crippen LogP contribution >= 0.6 is 11.3 Å². The highest BCUT2D eigenvalue weighted by molar-refractivity contribution is 7.18. The average molecular weight is 306 g/mol. The van der Waals surface area contributed by atoms with Gasteiger partial charge in [-0.05, 0) is 44.9 Å². The molecule has 1 heterocycles. The third kappa shape index (κ3) is 3.97. The van der Waals surface area contributed by atoms with Crippen LogP contribution in [0.1, 0.15) is 54.6 Å². The fraction of sp³-hybridized carbons (Fsp3) is 0.600. The number of carbonyl (C=O) groups is 1. The van der Waals surface area contributed by atoms with Gasteiger partial charge in [0.2, 0.25) is 0 Å². The zero-order valence-electron chi connectivity index (χ0n) is 12.2. The predicted molar refractivity (Wildman–Crippen MR) is 86.7 cm³/mol. The molecule has 21 heavy (non-hydrogen) atoms. The lowest BCUT2D eigenvalue weighted by molar-refractivity contribution is 0.0958. The van der Waals surface area contributed by atoms with Gasteiger partial charge in [0.15, 0.2) is 5.13 Å². The average Bonchev–Trinajstić information content (AvgIpc) is 3.21. The van der Waals surface area contributed by atoms with E-state index in [0.717, 1.165) is 11.6 Å². The lowest BCUT2D eigenvalue weighted by atomic mass is 9.97. The third-order valence-electron chi connectivity index (χ3n) is 3.88. The molecule has 1 amide bonds. The van der Waals surface area contributed by atoms with E-state index >= 15 is 0 Å². The minimum atomic E-state index is -0.106. The summed E-state index contributed by atoms with van der Waals surface area (Å²) in [6, 6.07) is 0.518. The number of allylic oxidation sites excluding steroid dienone is 1. The van der Waals surface area contributed by atoms with Gasteiger partial charge >= 0.3 is 0 Å². The Bertz CT molecular complexity index is 548. The van der Waals surface area contributed by atoms with Crippen LogP contribution in [0.2, 0.25) is 0 Å². The lowest BCUT2D eigenvalue weighted by Crippen LogP contribution is -2.24. The van der Waals surface area contributed by atoms with Crippen molar-refractivity contribution in [3.05, 3.63) is 16.5 Å². The van der Waals surface area contributed by atoms with E-state index in [1.807, 2.05) is 0 Å². The summed E-state index contributed by atoms with van der Waals surface area (Å²) in [5.41, 5.74) is 7.31. The highest BCUT2D eigenvalue weighted by atomic mass is 32.1. The first-order valence-corrected chi connectivity index (χ1v) is 8.53. The number of thiazole rings is 1. The first kappa shape index (κ1) is 14.4. The summed E-state index contributed by atoms with van der Waals surface area (Å²) in [6.45, 7) is 0.674. The van der Waals surface area contributed by atoms with Crippen LogP contribution < -0.4 is 16.4 Å².